The minimum Gasteiger partial charge on any atom is -0.433 e. The fourth-order valence-electron chi connectivity index (χ4n) is 1.47. The van der Waals surface area contributed by atoms with Crippen LogP contribution in [-0.2, 0) is 0 Å². The lowest BCUT2D eigenvalue weighted by Gasteiger charge is -2.09. The Kier molecular flexibility index (Phi) is 2.41. The molecule has 0 amide bonds. The van der Waals surface area contributed by atoms with Crippen LogP contribution < -0.4 is 10.5 Å². The first-order valence-corrected chi connectivity index (χ1v) is 4.40. The molecule has 0 aliphatic carbocycles. The highest BCUT2D eigenvalue weighted by molar-refractivity contribution is 5.95. The zero-order chi connectivity index (χ0) is 10.8. The molecule has 15 heavy (non-hydrogen) atoms. The van der Waals surface area contributed by atoms with E-state index in [-0.39, 0.29) is 11.4 Å². The lowest BCUT2D eigenvalue weighted by molar-refractivity contribution is -0.0492. The van der Waals surface area contributed by atoms with Crippen molar-refractivity contribution in [2.45, 2.75) is 6.61 Å². The number of rotatable bonds is 2. The Morgan fingerprint density at radius 2 is 1.80 bits per heavy atom. The summed E-state index contributed by atoms with van der Waals surface area (Å²) in [6, 6.07) is 10.4. The number of halogens is 2. The molecule has 78 valence electrons. The van der Waals surface area contributed by atoms with Gasteiger partial charge < -0.3 is 10.5 Å². The molecular formula is C11H9F2NO. The largest absolute Gasteiger partial charge is 0.433 e. The Balaban J connectivity index is 2.55. The van der Waals surface area contributed by atoms with Gasteiger partial charge in [-0.1, -0.05) is 30.3 Å². The van der Waals surface area contributed by atoms with Crippen LogP contribution in [0.25, 0.3) is 10.8 Å². The second kappa shape index (κ2) is 3.73. The number of hydrogen-bond acceptors (Lipinski definition) is 2. The number of fused-ring (bicyclic) bond motifs is 1. The first-order valence-electron chi connectivity index (χ1n) is 4.40. The topological polar surface area (TPSA) is 35.2 Å². The van der Waals surface area contributed by atoms with Crippen molar-refractivity contribution < 1.29 is 13.5 Å². The molecule has 0 unspecified atom stereocenters. The van der Waals surface area contributed by atoms with Gasteiger partial charge in [-0.05, 0) is 11.5 Å². The molecule has 0 atom stereocenters. The standard InChI is InChI=1S/C11H9F2NO/c12-11(13)15-9-6-5-7-3-1-2-4-8(7)10(9)14/h1-6,11H,14H2. The van der Waals surface area contributed by atoms with Crippen LogP contribution in [0.2, 0.25) is 0 Å². The second-order valence-electron chi connectivity index (χ2n) is 3.08. The molecule has 2 aromatic rings. The molecule has 0 saturated heterocycles. The molecule has 0 saturated carbocycles. The molecule has 2 aromatic carbocycles. The molecule has 0 aliphatic rings. The van der Waals surface area contributed by atoms with Crippen LogP contribution in [0.5, 0.6) is 5.75 Å². The minimum atomic E-state index is -2.85. The van der Waals surface area contributed by atoms with E-state index in [1.54, 1.807) is 18.2 Å². The lowest BCUT2D eigenvalue weighted by Crippen LogP contribution is -2.04. The van der Waals surface area contributed by atoms with Crippen LogP contribution >= 0.6 is 0 Å². The summed E-state index contributed by atoms with van der Waals surface area (Å²) in [5, 5.41) is 1.62. The summed E-state index contributed by atoms with van der Waals surface area (Å²) < 4.78 is 28.3. The molecule has 0 bridgehead atoms. The predicted octanol–water partition coefficient (Wildman–Crippen LogP) is 3.02. The Bertz CT molecular complexity index is 485. The summed E-state index contributed by atoms with van der Waals surface area (Å²) in [6.45, 7) is -2.85. The predicted molar refractivity (Wildman–Crippen MR) is 55.0 cm³/mol. The molecule has 0 aromatic heterocycles. The SMILES string of the molecule is Nc1c(OC(F)F)ccc2ccccc12. The number of nitrogens with two attached hydrogens (primary N) is 1. The Hall–Kier alpha value is -1.84. The van der Waals surface area contributed by atoms with Crippen LogP contribution in [0.4, 0.5) is 14.5 Å². The van der Waals surface area contributed by atoms with Gasteiger partial charge in [-0.2, -0.15) is 8.78 Å². The first kappa shape index (κ1) is 9.71. The van der Waals surface area contributed by atoms with Crippen LogP contribution in [0.1, 0.15) is 0 Å². The van der Waals surface area contributed by atoms with E-state index in [2.05, 4.69) is 4.74 Å². The molecule has 2 rings (SSSR count). The van der Waals surface area contributed by atoms with Crippen molar-refractivity contribution in [3.63, 3.8) is 0 Å². The molecule has 2 N–H and O–H groups in total. The van der Waals surface area contributed by atoms with Crippen molar-refractivity contribution in [1.82, 2.24) is 0 Å². The highest BCUT2D eigenvalue weighted by atomic mass is 19.3. The maximum Gasteiger partial charge on any atom is 0.387 e. The van der Waals surface area contributed by atoms with E-state index in [9.17, 15) is 8.78 Å². The molecule has 0 heterocycles. The minimum absolute atomic E-state index is 0.0173. The highest BCUT2D eigenvalue weighted by Crippen LogP contribution is 2.31. The quantitative estimate of drug-likeness (QED) is 0.771. The maximum atomic E-state index is 12.0. The van der Waals surface area contributed by atoms with Gasteiger partial charge in [0.25, 0.3) is 0 Å². The summed E-state index contributed by atoms with van der Waals surface area (Å²) in [6.07, 6.45) is 0. The van der Waals surface area contributed by atoms with Gasteiger partial charge in [0.2, 0.25) is 0 Å². The average Bonchev–Trinajstić information content (AvgIpc) is 2.22. The van der Waals surface area contributed by atoms with Crippen molar-refractivity contribution in [3.05, 3.63) is 36.4 Å². The van der Waals surface area contributed by atoms with Gasteiger partial charge >= 0.3 is 6.61 Å². The van der Waals surface area contributed by atoms with Crippen LogP contribution in [0.15, 0.2) is 36.4 Å². The number of alkyl halides is 2. The summed E-state index contributed by atoms with van der Waals surface area (Å²) in [5.41, 5.74) is 5.95. The van der Waals surface area contributed by atoms with Gasteiger partial charge in [-0.15, -0.1) is 0 Å². The van der Waals surface area contributed by atoms with E-state index in [1.165, 1.54) is 6.07 Å². The van der Waals surface area contributed by atoms with E-state index in [0.29, 0.717) is 0 Å². The Morgan fingerprint density at radius 1 is 1.07 bits per heavy atom. The summed E-state index contributed by atoms with van der Waals surface area (Å²) >= 11 is 0. The van der Waals surface area contributed by atoms with E-state index >= 15 is 0 Å². The smallest absolute Gasteiger partial charge is 0.387 e. The number of nitrogen functional groups attached to an aromatic ring is 1. The average molecular weight is 209 g/mol. The van der Waals surface area contributed by atoms with Gasteiger partial charge in [0.05, 0.1) is 5.69 Å². The fourth-order valence-corrected chi connectivity index (χ4v) is 1.47. The van der Waals surface area contributed by atoms with Crippen molar-refractivity contribution in [2.75, 3.05) is 5.73 Å². The van der Waals surface area contributed by atoms with Crippen molar-refractivity contribution >= 4 is 16.5 Å². The van der Waals surface area contributed by atoms with Crippen molar-refractivity contribution in [3.8, 4) is 5.75 Å². The Labute approximate surface area is 85.3 Å². The molecular weight excluding hydrogens is 200 g/mol. The van der Waals surface area contributed by atoms with Gasteiger partial charge in [0.15, 0.2) is 0 Å². The summed E-state index contributed by atoms with van der Waals surface area (Å²) in [4.78, 5) is 0. The van der Waals surface area contributed by atoms with Crippen LogP contribution in [-0.4, -0.2) is 6.61 Å². The maximum absolute atomic E-state index is 12.0. The van der Waals surface area contributed by atoms with E-state index in [4.69, 9.17) is 5.73 Å². The normalized spacial score (nSPS) is 10.9. The summed E-state index contributed by atoms with van der Waals surface area (Å²) in [7, 11) is 0. The second-order valence-corrected chi connectivity index (χ2v) is 3.08. The zero-order valence-corrected chi connectivity index (χ0v) is 7.78. The number of hydrogen-bond donors (Lipinski definition) is 1. The van der Waals surface area contributed by atoms with Crippen LogP contribution in [0.3, 0.4) is 0 Å². The molecule has 0 spiro atoms. The van der Waals surface area contributed by atoms with E-state index in [1.807, 2.05) is 12.1 Å². The fraction of sp³-hybridized carbons (Fsp3) is 0.0909. The number of anilines is 1. The van der Waals surface area contributed by atoms with E-state index in [0.717, 1.165) is 10.8 Å². The molecule has 2 nitrogen and oxygen atoms in total. The number of ether oxygens (including phenoxy) is 1. The van der Waals surface area contributed by atoms with Gasteiger partial charge in [-0.3, -0.25) is 0 Å². The van der Waals surface area contributed by atoms with Gasteiger partial charge in [0, 0.05) is 5.39 Å². The third-order valence-corrected chi connectivity index (χ3v) is 2.15. The first-order chi connectivity index (χ1) is 7.18. The van der Waals surface area contributed by atoms with Gasteiger partial charge in [0.1, 0.15) is 5.75 Å². The third-order valence-electron chi connectivity index (χ3n) is 2.15. The lowest BCUT2D eigenvalue weighted by atomic mass is 10.1. The molecule has 4 heteroatoms. The highest BCUT2D eigenvalue weighted by Gasteiger charge is 2.09. The van der Waals surface area contributed by atoms with Gasteiger partial charge in [-0.25, -0.2) is 0 Å². The zero-order valence-electron chi connectivity index (χ0n) is 7.78. The van der Waals surface area contributed by atoms with Crippen molar-refractivity contribution in [2.24, 2.45) is 0 Å². The monoisotopic (exact) mass is 209 g/mol. The van der Waals surface area contributed by atoms with Crippen molar-refractivity contribution in [1.29, 1.82) is 0 Å². The molecule has 0 aliphatic heterocycles. The Morgan fingerprint density at radius 3 is 2.53 bits per heavy atom. The summed E-state index contributed by atoms with van der Waals surface area (Å²) in [5.74, 6) is 0.0173. The number of benzene rings is 2. The third kappa shape index (κ3) is 1.83. The molecule has 0 fully saturated rings. The van der Waals surface area contributed by atoms with E-state index < -0.39 is 6.61 Å². The van der Waals surface area contributed by atoms with Crippen LogP contribution in [0, 0.1) is 0 Å². The molecule has 0 radical (unpaired) electrons.